The van der Waals surface area contributed by atoms with Gasteiger partial charge in [0, 0.05) is 6.54 Å². The van der Waals surface area contributed by atoms with Crippen LogP contribution in [-0.4, -0.2) is 44.4 Å². The Morgan fingerprint density at radius 2 is 2.17 bits per heavy atom. The van der Waals surface area contributed by atoms with Gasteiger partial charge in [0.05, 0.1) is 6.10 Å². The third kappa shape index (κ3) is 7.94. The van der Waals surface area contributed by atoms with Gasteiger partial charge in [-0.3, -0.25) is 0 Å². The molecule has 0 saturated heterocycles. The number of hydrogen-bond donors (Lipinski definition) is 4. The average molecular weight is 175 g/mol. The Hall–Kier alpha value is -0.160. The minimum Gasteiger partial charge on any atom is -0.392 e. The first-order chi connectivity index (χ1) is 5.81. The summed E-state index contributed by atoms with van der Waals surface area (Å²) in [5, 5.41) is 15.5. The molecule has 1 unspecified atom stereocenters. The molecule has 0 aromatic rings. The number of rotatable bonds is 8. The van der Waals surface area contributed by atoms with Gasteiger partial charge in [0.2, 0.25) is 0 Å². The van der Waals surface area contributed by atoms with Crippen molar-refractivity contribution in [3.05, 3.63) is 0 Å². The third-order valence-electron chi connectivity index (χ3n) is 1.66. The Labute approximate surface area is 74.5 Å². The van der Waals surface area contributed by atoms with Gasteiger partial charge in [-0.05, 0) is 39.5 Å². The number of hydrogen-bond acceptors (Lipinski definition) is 4. The van der Waals surface area contributed by atoms with Crippen molar-refractivity contribution in [2.24, 2.45) is 5.73 Å². The summed E-state index contributed by atoms with van der Waals surface area (Å²) < 4.78 is 0. The molecule has 12 heavy (non-hydrogen) atoms. The minimum absolute atomic E-state index is 0.287. The summed E-state index contributed by atoms with van der Waals surface area (Å²) >= 11 is 0. The molecule has 0 rings (SSSR count). The molecular formula is C8H21N3O. The van der Waals surface area contributed by atoms with Crippen molar-refractivity contribution in [1.82, 2.24) is 10.6 Å². The first-order valence-corrected chi connectivity index (χ1v) is 4.54. The van der Waals surface area contributed by atoms with Crippen molar-refractivity contribution in [2.45, 2.75) is 18.9 Å². The van der Waals surface area contributed by atoms with E-state index in [1.54, 1.807) is 0 Å². The van der Waals surface area contributed by atoms with E-state index in [0.29, 0.717) is 19.5 Å². The fraction of sp³-hybridized carbons (Fsp3) is 1.00. The fourth-order valence-corrected chi connectivity index (χ4v) is 0.953. The molecule has 0 heterocycles. The highest BCUT2D eigenvalue weighted by Crippen LogP contribution is 1.85. The molecule has 0 aromatic heterocycles. The lowest BCUT2D eigenvalue weighted by molar-refractivity contribution is 0.164. The van der Waals surface area contributed by atoms with Gasteiger partial charge >= 0.3 is 0 Å². The quantitative estimate of drug-likeness (QED) is 0.353. The monoisotopic (exact) mass is 175 g/mol. The second kappa shape index (κ2) is 8.93. The lowest BCUT2D eigenvalue weighted by Gasteiger charge is -2.09. The van der Waals surface area contributed by atoms with E-state index in [1.165, 1.54) is 0 Å². The Morgan fingerprint density at radius 1 is 1.42 bits per heavy atom. The number of nitrogens with one attached hydrogen (secondary N) is 2. The second-order valence-corrected chi connectivity index (χ2v) is 2.89. The van der Waals surface area contributed by atoms with Gasteiger partial charge in [-0.15, -0.1) is 0 Å². The summed E-state index contributed by atoms with van der Waals surface area (Å²) in [6, 6.07) is 0. The highest BCUT2D eigenvalue weighted by molar-refractivity contribution is 4.59. The van der Waals surface area contributed by atoms with Crippen LogP contribution in [0.5, 0.6) is 0 Å². The topological polar surface area (TPSA) is 70.3 Å². The Kier molecular flexibility index (Phi) is 8.81. The van der Waals surface area contributed by atoms with E-state index in [4.69, 9.17) is 5.73 Å². The summed E-state index contributed by atoms with van der Waals surface area (Å²) in [6.07, 6.45) is 1.48. The van der Waals surface area contributed by atoms with Gasteiger partial charge in [0.25, 0.3) is 0 Å². The lowest BCUT2D eigenvalue weighted by Crippen LogP contribution is -2.30. The molecule has 74 valence electrons. The van der Waals surface area contributed by atoms with Crippen molar-refractivity contribution in [3.63, 3.8) is 0 Å². The van der Waals surface area contributed by atoms with Crippen LogP contribution >= 0.6 is 0 Å². The summed E-state index contributed by atoms with van der Waals surface area (Å²) in [7, 11) is 1.93. The standard InChI is InChI=1S/C8H21N3O/c1-10-5-2-6-11-7-8(12)3-4-9/h8,10-12H,2-7,9H2,1H3. The number of aliphatic hydroxyl groups excluding tert-OH is 1. The predicted molar refractivity (Wildman–Crippen MR) is 51.1 cm³/mol. The summed E-state index contributed by atoms with van der Waals surface area (Å²) in [4.78, 5) is 0. The Morgan fingerprint density at radius 3 is 2.75 bits per heavy atom. The van der Waals surface area contributed by atoms with Gasteiger partial charge in [0.1, 0.15) is 0 Å². The van der Waals surface area contributed by atoms with Crippen LogP contribution in [0.4, 0.5) is 0 Å². The minimum atomic E-state index is -0.287. The predicted octanol–water partition coefficient (Wildman–Crippen LogP) is -1.10. The van der Waals surface area contributed by atoms with E-state index in [9.17, 15) is 5.11 Å². The largest absolute Gasteiger partial charge is 0.392 e. The van der Waals surface area contributed by atoms with E-state index in [1.807, 2.05) is 7.05 Å². The fourth-order valence-electron chi connectivity index (χ4n) is 0.953. The van der Waals surface area contributed by atoms with Crippen LogP contribution in [-0.2, 0) is 0 Å². The average Bonchev–Trinajstić information content (AvgIpc) is 2.05. The van der Waals surface area contributed by atoms with Gasteiger partial charge in [-0.2, -0.15) is 0 Å². The Balaban J connectivity index is 2.97. The molecule has 5 N–H and O–H groups in total. The molecule has 0 aliphatic carbocycles. The molecule has 4 heteroatoms. The van der Waals surface area contributed by atoms with Crippen LogP contribution in [0.15, 0.2) is 0 Å². The molecule has 0 radical (unpaired) electrons. The normalized spacial score (nSPS) is 13.2. The van der Waals surface area contributed by atoms with Gasteiger partial charge in [0.15, 0.2) is 0 Å². The molecule has 0 saturated carbocycles. The smallest absolute Gasteiger partial charge is 0.0676 e. The van der Waals surface area contributed by atoms with Gasteiger partial charge < -0.3 is 21.5 Å². The molecule has 0 spiro atoms. The number of nitrogens with two attached hydrogens (primary N) is 1. The highest BCUT2D eigenvalue weighted by Gasteiger charge is 2.00. The molecular weight excluding hydrogens is 154 g/mol. The van der Waals surface area contributed by atoms with E-state index >= 15 is 0 Å². The van der Waals surface area contributed by atoms with Crippen LogP contribution in [0.2, 0.25) is 0 Å². The van der Waals surface area contributed by atoms with Crippen molar-refractivity contribution >= 4 is 0 Å². The molecule has 0 bridgehead atoms. The summed E-state index contributed by atoms with van der Waals surface area (Å²) in [5.41, 5.74) is 5.28. The summed E-state index contributed by atoms with van der Waals surface area (Å²) in [5.74, 6) is 0. The zero-order valence-corrected chi connectivity index (χ0v) is 7.84. The maximum Gasteiger partial charge on any atom is 0.0676 e. The van der Waals surface area contributed by atoms with Crippen molar-refractivity contribution in [1.29, 1.82) is 0 Å². The molecule has 4 nitrogen and oxygen atoms in total. The van der Waals surface area contributed by atoms with Gasteiger partial charge in [-0.1, -0.05) is 0 Å². The van der Waals surface area contributed by atoms with Crippen molar-refractivity contribution in [3.8, 4) is 0 Å². The zero-order valence-electron chi connectivity index (χ0n) is 7.84. The van der Waals surface area contributed by atoms with E-state index < -0.39 is 0 Å². The van der Waals surface area contributed by atoms with E-state index in [0.717, 1.165) is 19.5 Å². The van der Waals surface area contributed by atoms with Gasteiger partial charge in [-0.25, -0.2) is 0 Å². The lowest BCUT2D eigenvalue weighted by atomic mass is 10.2. The zero-order chi connectivity index (χ0) is 9.23. The second-order valence-electron chi connectivity index (χ2n) is 2.89. The van der Waals surface area contributed by atoms with E-state index in [-0.39, 0.29) is 6.10 Å². The highest BCUT2D eigenvalue weighted by atomic mass is 16.3. The maximum atomic E-state index is 9.25. The molecule has 1 atom stereocenters. The molecule has 0 aromatic carbocycles. The maximum absolute atomic E-state index is 9.25. The van der Waals surface area contributed by atoms with Crippen LogP contribution < -0.4 is 16.4 Å². The van der Waals surface area contributed by atoms with Crippen LogP contribution in [0.25, 0.3) is 0 Å². The Bertz CT molecular complexity index is 90.4. The molecule has 0 fully saturated rings. The first-order valence-electron chi connectivity index (χ1n) is 4.54. The van der Waals surface area contributed by atoms with Crippen LogP contribution in [0.1, 0.15) is 12.8 Å². The summed E-state index contributed by atoms with van der Waals surface area (Å²) in [6.45, 7) is 3.17. The third-order valence-corrected chi connectivity index (χ3v) is 1.66. The van der Waals surface area contributed by atoms with Crippen LogP contribution in [0.3, 0.4) is 0 Å². The SMILES string of the molecule is CNCCCNCC(O)CCN. The molecule has 0 amide bonds. The molecule has 0 aliphatic heterocycles. The first kappa shape index (κ1) is 11.8. The molecule has 0 aliphatic rings. The number of aliphatic hydroxyl groups is 1. The van der Waals surface area contributed by atoms with Crippen LogP contribution in [0, 0.1) is 0 Å². The van der Waals surface area contributed by atoms with E-state index in [2.05, 4.69) is 10.6 Å². The van der Waals surface area contributed by atoms with Crippen molar-refractivity contribution < 1.29 is 5.11 Å². The van der Waals surface area contributed by atoms with Crippen molar-refractivity contribution in [2.75, 3.05) is 33.2 Å².